The summed E-state index contributed by atoms with van der Waals surface area (Å²) in [5.41, 5.74) is 0.598. The second-order valence-electron chi connectivity index (χ2n) is 4.18. The maximum Gasteiger partial charge on any atom is 0.147 e. The predicted molar refractivity (Wildman–Crippen MR) is 71.5 cm³/mol. The molecule has 0 saturated carbocycles. The smallest absolute Gasteiger partial charge is 0.147 e. The van der Waals surface area contributed by atoms with Crippen LogP contribution in [0.4, 0.5) is 5.82 Å². The van der Waals surface area contributed by atoms with Crippen molar-refractivity contribution in [3.05, 3.63) is 18.1 Å². The Bertz CT molecular complexity index is 343. The summed E-state index contributed by atoms with van der Waals surface area (Å²) in [6.45, 7) is 5.68. The van der Waals surface area contributed by atoms with Gasteiger partial charge in [-0.2, -0.15) is 0 Å². The van der Waals surface area contributed by atoms with Crippen molar-refractivity contribution in [1.82, 2.24) is 9.97 Å². The fourth-order valence-electron chi connectivity index (χ4n) is 2.01. The zero-order chi connectivity index (χ0) is 13.4. The fourth-order valence-corrected chi connectivity index (χ4v) is 2.01. The van der Waals surface area contributed by atoms with Crippen molar-refractivity contribution in [2.45, 2.75) is 39.3 Å². The van der Waals surface area contributed by atoms with Crippen LogP contribution in [0.15, 0.2) is 12.4 Å². The van der Waals surface area contributed by atoms with E-state index in [1.807, 2.05) is 0 Å². The van der Waals surface area contributed by atoms with Gasteiger partial charge in [0, 0.05) is 19.7 Å². The molecule has 0 amide bonds. The van der Waals surface area contributed by atoms with Gasteiger partial charge < -0.3 is 14.7 Å². The summed E-state index contributed by atoms with van der Waals surface area (Å²) in [5, 5.41) is 9.13. The molecule has 0 aromatic carbocycles. The number of rotatable bonds is 8. The van der Waals surface area contributed by atoms with E-state index in [4.69, 9.17) is 9.84 Å². The molecule has 0 spiro atoms. The van der Waals surface area contributed by atoms with Crippen molar-refractivity contribution in [2.75, 3.05) is 25.2 Å². The number of anilines is 1. The highest BCUT2D eigenvalue weighted by Gasteiger charge is 2.17. The number of methoxy groups -OCH3 is 1. The molecule has 0 radical (unpaired) electrons. The molecule has 0 aliphatic carbocycles. The number of hydrogen-bond acceptors (Lipinski definition) is 5. The minimum absolute atomic E-state index is 0.0815. The Labute approximate surface area is 109 Å². The number of hydrogen-bond donors (Lipinski definition) is 1. The van der Waals surface area contributed by atoms with Crippen molar-refractivity contribution in [2.24, 2.45) is 0 Å². The number of aliphatic hydroxyl groups excluding tert-OH is 1. The van der Waals surface area contributed by atoms with E-state index in [9.17, 15) is 0 Å². The third kappa shape index (κ3) is 3.92. The molecule has 0 unspecified atom stereocenters. The summed E-state index contributed by atoms with van der Waals surface area (Å²) in [7, 11) is 1.70. The van der Waals surface area contributed by atoms with E-state index in [-0.39, 0.29) is 6.61 Å². The van der Waals surface area contributed by atoms with Gasteiger partial charge in [-0.15, -0.1) is 0 Å². The summed E-state index contributed by atoms with van der Waals surface area (Å²) in [4.78, 5) is 10.8. The molecule has 1 N–H and O–H groups in total. The van der Waals surface area contributed by atoms with E-state index in [2.05, 4.69) is 28.7 Å². The SMILES string of the molecule is CCC(CC)N(CCOC)c1cncc(CO)n1. The van der Waals surface area contributed by atoms with Gasteiger partial charge in [0.1, 0.15) is 5.82 Å². The molecule has 0 aliphatic heterocycles. The lowest BCUT2D eigenvalue weighted by molar-refractivity contribution is 0.202. The highest BCUT2D eigenvalue weighted by atomic mass is 16.5. The van der Waals surface area contributed by atoms with E-state index in [1.165, 1.54) is 0 Å². The van der Waals surface area contributed by atoms with Crippen LogP contribution in [0.25, 0.3) is 0 Å². The Morgan fingerprint density at radius 3 is 2.61 bits per heavy atom. The predicted octanol–water partition coefficient (Wildman–Crippen LogP) is 1.61. The molecular weight excluding hydrogens is 230 g/mol. The first-order valence-corrected chi connectivity index (χ1v) is 6.44. The zero-order valence-electron chi connectivity index (χ0n) is 11.5. The van der Waals surface area contributed by atoms with Gasteiger partial charge in [0.15, 0.2) is 0 Å². The first kappa shape index (κ1) is 14.9. The first-order valence-electron chi connectivity index (χ1n) is 6.44. The van der Waals surface area contributed by atoms with E-state index >= 15 is 0 Å². The summed E-state index contributed by atoms with van der Waals surface area (Å²) in [6, 6.07) is 0.420. The van der Waals surface area contributed by atoms with Crippen molar-refractivity contribution < 1.29 is 9.84 Å². The molecular formula is C13H23N3O2. The Kier molecular flexibility index (Phi) is 6.60. The van der Waals surface area contributed by atoms with Crippen LogP contribution < -0.4 is 4.90 Å². The van der Waals surface area contributed by atoms with Gasteiger partial charge in [-0.25, -0.2) is 4.98 Å². The lowest BCUT2D eigenvalue weighted by Gasteiger charge is -2.31. The average molecular weight is 253 g/mol. The molecule has 1 aromatic rings. The molecule has 1 rings (SSSR count). The molecule has 18 heavy (non-hydrogen) atoms. The van der Waals surface area contributed by atoms with Crippen molar-refractivity contribution >= 4 is 5.82 Å². The molecule has 0 fully saturated rings. The highest BCUT2D eigenvalue weighted by Crippen LogP contribution is 2.17. The Hall–Kier alpha value is -1.20. The van der Waals surface area contributed by atoms with Crippen LogP contribution in [-0.4, -0.2) is 41.4 Å². The lowest BCUT2D eigenvalue weighted by Crippen LogP contribution is -2.37. The van der Waals surface area contributed by atoms with Gasteiger partial charge in [0.05, 0.1) is 31.3 Å². The van der Waals surface area contributed by atoms with E-state index in [0.29, 0.717) is 18.3 Å². The van der Waals surface area contributed by atoms with Crippen LogP contribution in [0.5, 0.6) is 0 Å². The minimum atomic E-state index is -0.0815. The van der Waals surface area contributed by atoms with Gasteiger partial charge in [0.2, 0.25) is 0 Å². The third-order valence-electron chi connectivity index (χ3n) is 3.05. The van der Waals surface area contributed by atoms with E-state index in [0.717, 1.165) is 25.2 Å². The lowest BCUT2D eigenvalue weighted by atomic mass is 10.1. The number of nitrogens with zero attached hydrogens (tertiary/aromatic N) is 3. The van der Waals surface area contributed by atoms with Gasteiger partial charge in [0.25, 0.3) is 0 Å². The summed E-state index contributed by atoms with van der Waals surface area (Å²) in [5.74, 6) is 0.812. The molecule has 0 bridgehead atoms. The van der Waals surface area contributed by atoms with Crippen LogP contribution in [0.1, 0.15) is 32.4 Å². The molecule has 0 saturated heterocycles. The van der Waals surface area contributed by atoms with Gasteiger partial charge in [-0.05, 0) is 12.8 Å². The quantitative estimate of drug-likeness (QED) is 0.762. The second kappa shape index (κ2) is 8.00. The summed E-state index contributed by atoms with van der Waals surface area (Å²) >= 11 is 0. The van der Waals surface area contributed by atoms with E-state index < -0.39 is 0 Å². The molecule has 1 heterocycles. The molecule has 102 valence electrons. The number of aliphatic hydroxyl groups is 1. The molecule has 5 nitrogen and oxygen atoms in total. The van der Waals surface area contributed by atoms with Crippen LogP contribution in [0.3, 0.4) is 0 Å². The summed E-state index contributed by atoms with van der Waals surface area (Å²) < 4.78 is 5.15. The molecule has 0 atom stereocenters. The summed E-state index contributed by atoms with van der Waals surface area (Å²) in [6.07, 6.45) is 5.43. The van der Waals surface area contributed by atoms with Crippen LogP contribution in [0.2, 0.25) is 0 Å². The molecule has 5 heteroatoms. The van der Waals surface area contributed by atoms with Crippen LogP contribution in [0, 0.1) is 0 Å². The van der Waals surface area contributed by atoms with Crippen LogP contribution in [-0.2, 0) is 11.3 Å². The minimum Gasteiger partial charge on any atom is -0.390 e. The topological polar surface area (TPSA) is 58.5 Å². The fraction of sp³-hybridized carbons (Fsp3) is 0.692. The standard InChI is InChI=1S/C13H23N3O2/c1-4-12(5-2)16(6-7-18-3)13-9-14-8-11(10-17)15-13/h8-9,12,17H,4-7,10H2,1-3H3. The largest absolute Gasteiger partial charge is 0.390 e. The van der Waals surface area contributed by atoms with Gasteiger partial charge in [-0.1, -0.05) is 13.8 Å². The average Bonchev–Trinajstić information content (AvgIpc) is 2.43. The van der Waals surface area contributed by atoms with Crippen LogP contribution >= 0.6 is 0 Å². The normalized spacial score (nSPS) is 10.9. The van der Waals surface area contributed by atoms with Crippen molar-refractivity contribution in [3.8, 4) is 0 Å². The van der Waals surface area contributed by atoms with Crippen molar-refractivity contribution in [1.29, 1.82) is 0 Å². The van der Waals surface area contributed by atoms with Gasteiger partial charge in [-0.3, -0.25) is 4.98 Å². The highest BCUT2D eigenvalue weighted by molar-refractivity contribution is 5.37. The Morgan fingerprint density at radius 1 is 1.33 bits per heavy atom. The third-order valence-corrected chi connectivity index (χ3v) is 3.05. The van der Waals surface area contributed by atoms with E-state index in [1.54, 1.807) is 19.5 Å². The Balaban J connectivity index is 2.92. The molecule has 0 aliphatic rings. The number of ether oxygens (including phenoxy) is 1. The maximum absolute atomic E-state index is 9.13. The number of aromatic nitrogens is 2. The Morgan fingerprint density at radius 2 is 2.06 bits per heavy atom. The zero-order valence-corrected chi connectivity index (χ0v) is 11.5. The monoisotopic (exact) mass is 253 g/mol. The van der Waals surface area contributed by atoms with Gasteiger partial charge >= 0.3 is 0 Å². The second-order valence-corrected chi connectivity index (χ2v) is 4.18. The molecule has 1 aromatic heterocycles. The maximum atomic E-state index is 9.13. The van der Waals surface area contributed by atoms with Crippen molar-refractivity contribution in [3.63, 3.8) is 0 Å². The first-order chi connectivity index (χ1) is 8.76.